The van der Waals surface area contributed by atoms with E-state index in [4.69, 9.17) is 0 Å². The van der Waals surface area contributed by atoms with E-state index in [0.717, 1.165) is 34.1 Å². The number of rotatable bonds is 8. The Kier molecular flexibility index (Phi) is 10.1. The molecule has 0 unspecified atom stereocenters. The second kappa shape index (κ2) is 16.7. The minimum absolute atomic E-state index is 0.288. The van der Waals surface area contributed by atoms with Crippen LogP contribution in [0.15, 0.2) is 224 Å². The molecule has 0 saturated heterocycles. The largest absolute Gasteiger partial charge is 0.310 e. The Bertz CT molecular complexity index is 4080. The van der Waals surface area contributed by atoms with Crippen molar-refractivity contribution in [2.24, 2.45) is 0 Å². The van der Waals surface area contributed by atoms with E-state index in [1.165, 1.54) is 105 Å². The van der Waals surface area contributed by atoms with E-state index in [2.05, 4.69) is 280 Å². The normalized spacial score (nSPS) is 12.7. The Balaban J connectivity index is 1.02. The molecule has 0 amide bonds. The maximum absolute atomic E-state index is 2.53. The summed E-state index contributed by atoms with van der Waals surface area (Å²) in [6.45, 7) is 13.6. The van der Waals surface area contributed by atoms with Gasteiger partial charge in [-0.2, -0.15) is 0 Å². The Morgan fingerprint density at radius 1 is 0.319 bits per heavy atom. The predicted octanol–water partition coefficient (Wildman–Crippen LogP) is 19.2. The van der Waals surface area contributed by atoms with Crippen LogP contribution in [0.3, 0.4) is 0 Å². The van der Waals surface area contributed by atoms with Gasteiger partial charge in [0.1, 0.15) is 0 Å². The minimum Gasteiger partial charge on any atom is -0.310 e. The van der Waals surface area contributed by atoms with Gasteiger partial charge in [-0.3, -0.25) is 0 Å². The number of hydrogen-bond acceptors (Lipinski definition) is 2. The van der Waals surface area contributed by atoms with E-state index in [1.807, 2.05) is 0 Å². The lowest BCUT2D eigenvalue weighted by atomic mass is 9.74. The molecular weight excluding hydrogens is 871 g/mol. The fraction of sp³-hybridized carbons (Fsp3) is 0.101. The minimum atomic E-state index is -0.288. The number of hydrogen-bond donors (Lipinski definition) is 0. The molecule has 1 aliphatic heterocycles. The molecule has 0 N–H and O–H groups in total. The monoisotopic (exact) mass is 925 g/mol. The fourth-order valence-electron chi connectivity index (χ4n) is 11.9. The highest BCUT2D eigenvalue weighted by atomic mass is 15.2. The van der Waals surface area contributed by atoms with Crippen LogP contribution in [0.2, 0.25) is 0 Å². The Morgan fingerprint density at radius 3 is 1.29 bits per heavy atom. The summed E-state index contributed by atoms with van der Waals surface area (Å²) >= 11 is 0. The summed E-state index contributed by atoms with van der Waals surface area (Å²) in [7, 11) is 0. The van der Waals surface area contributed by atoms with Crippen LogP contribution in [-0.2, 0) is 5.41 Å². The Morgan fingerprint density at radius 2 is 0.750 bits per heavy atom. The first kappa shape index (κ1) is 43.4. The zero-order valence-electron chi connectivity index (χ0n) is 41.7. The lowest BCUT2D eigenvalue weighted by Crippen LogP contribution is -2.26. The van der Waals surface area contributed by atoms with Gasteiger partial charge in [0.05, 0.1) is 16.7 Å². The molecule has 0 atom stereocenters. The highest BCUT2D eigenvalue weighted by Crippen LogP contribution is 2.51. The molecule has 0 aliphatic carbocycles. The van der Waals surface area contributed by atoms with E-state index in [1.54, 1.807) is 0 Å². The molecule has 0 fully saturated rings. The van der Waals surface area contributed by atoms with Crippen molar-refractivity contribution in [1.82, 2.24) is 4.57 Å². The Hall–Kier alpha value is -8.66. The molecule has 1 aromatic heterocycles. The van der Waals surface area contributed by atoms with Crippen LogP contribution in [0.1, 0.15) is 47.2 Å². The fourth-order valence-corrected chi connectivity index (χ4v) is 11.9. The van der Waals surface area contributed by atoms with Crippen LogP contribution in [0, 0.1) is 27.7 Å². The summed E-state index contributed by atoms with van der Waals surface area (Å²) < 4.78 is 2.53. The lowest BCUT2D eigenvalue weighted by molar-refractivity contribution is 0.630. The van der Waals surface area contributed by atoms with Crippen molar-refractivity contribution in [1.29, 1.82) is 0 Å². The highest BCUT2D eigenvalue weighted by Gasteiger charge is 2.36. The number of benzene rings is 11. The predicted molar refractivity (Wildman–Crippen MR) is 307 cm³/mol. The molecule has 13 rings (SSSR count). The van der Waals surface area contributed by atoms with Crippen LogP contribution in [0.5, 0.6) is 0 Å². The van der Waals surface area contributed by atoms with Crippen LogP contribution in [0.4, 0.5) is 34.1 Å². The zero-order valence-corrected chi connectivity index (χ0v) is 41.7. The third kappa shape index (κ3) is 7.26. The highest BCUT2D eigenvalue weighted by molar-refractivity contribution is 6.14. The van der Waals surface area contributed by atoms with Crippen molar-refractivity contribution < 1.29 is 0 Å². The van der Waals surface area contributed by atoms with Gasteiger partial charge in [0.15, 0.2) is 0 Å². The number of anilines is 6. The van der Waals surface area contributed by atoms with E-state index < -0.39 is 0 Å². The topological polar surface area (TPSA) is 11.4 Å². The van der Waals surface area contributed by atoms with Crippen LogP contribution >= 0.6 is 0 Å². The summed E-state index contributed by atoms with van der Waals surface area (Å²) in [5, 5.41) is 7.44. The average Bonchev–Trinajstić information content (AvgIpc) is 3.71. The average molecular weight is 926 g/mol. The maximum atomic E-state index is 2.53. The van der Waals surface area contributed by atoms with Gasteiger partial charge in [0.2, 0.25) is 0 Å². The van der Waals surface area contributed by atoms with Crippen molar-refractivity contribution in [3.05, 3.63) is 258 Å². The summed E-state index contributed by atoms with van der Waals surface area (Å²) in [5.74, 6) is 0. The van der Waals surface area contributed by atoms with E-state index in [-0.39, 0.29) is 5.41 Å². The van der Waals surface area contributed by atoms with Gasteiger partial charge in [-0.15, -0.1) is 0 Å². The van der Waals surface area contributed by atoms with Crippen molar-refractivity contribution in [3.8, 4) is 27.9 Å². The molecule has 2 heterocycles. The van der Waals surface area contributed by atoms with Gasteiger partial charge in [-0.1, -0.05) is 141 Å². The van der Waals surface area contributed by atoms with Gasteiger partial charge in [0, 0.05) is 50.3 Å². The summed E-state index contributed by atoms with van der Waals surface area (Å²) in [5.41, 5.74) is 22.5. The molecular formula is C69H55N3. The first-order valence-electron chi connectivity index (χ1n) is 25.2. The van der Waals surface area contributed by atoms with Crippen LogP contribution in [0.25, 0.3) is 71.3 Å². The standard InChI is InChI=1S/C69H55N3/c1-44-33-45(2)36-59(35-44)70(56-27-23-50(24-28-56)54-21-19-48-13-7-9-15-52(48)39-54)58-31-32-66-62(41-58)63-42-61(43-65-68(63)72(66)67-18-12-11-17-64(67)69(65,5)6)71(60-37-46(3)34-47(4)38-60)57-29-25-51(26-30-57)55-22-20-49-14-8-10-16-53(49)40-55/h7-43H,1-6H3. The number of para-hydroxylation sites is 1. The third-order valence-electron chi connectivity index (χ3n) is 15.2. The number of aromatic nitrogens is 1. The summed E-state index contributed by atoms with van der Waals surface area (Å²) in [6, 6.07) is 83.9. The third-order valence-corrected chi connectivity index (χ3v) is 15.2. The van der Waals surface area contributed by atoms with Crippen molar-refractivity contribution >= 4 is 77.5 Å². The number of fused-ring (bicyclic) bond motifs is 7. The molecule has 346 valence electrons. The molecule has 0 bridgehead atoms. The van der Waals surface area contributed by atoms with Gasteiger partial charge in [-0.25, -0.2) is 0 Å². The van der Waals surface area contributed by atoms with Crippen molar-refractivity contribution in [3.63, 3.8) is 0 Å². The maximum Gasteiger partial charge on any atom is 0.0583 e. The molecule has 1 aliphatic rings. The van der Waals surface area contributed by atoms with E-state index in [9.17, 15) is 0 Å². The SMILES string of the molecule is Cc1cc(C)cc(N(c2ccc(-c3ccc4ccccc4c3)cc2)c2ccc3c(c2)c2cc(N(c4ccc(-c5ccc6ccccc6c5)cc4)c4cc(C)cc(C)c4)cc4c2n3-c2ccccc2C4(C)C)c1. The molecule has 72 heavy (non-hydrogen) atoms. The molecule has 0 saturated carbocycles. The zero-order chi connectivity index (χ0) is 48.8. The number of nitrogens with zero attached hydrogens (tertiary/aromatic N) is 3. The summed E-state index contributed by atoms with van der Waals surface area (Å²) in [6.07, 6.45) is 0. The molecule has 3 heteroatoms. The molecule has 11 aromatic carbocycles. The first-order chi connectivity index (χ1) is 35.0. The number of aryl methyl sites for hydroxylation is 4. The van der Waals surface area contributed by atoms with E-state index >= 15 is 0 Å². The van der Waals surface area contributed by atoms with Gasteiger partial charge >= 0.3 is 0 Å². The molecule has 12 aromatic rings. The molecule has 0 spiro atoms. The van der Waals surface area contributed by atoms with Crippen molar-refractivity contribution in [2.45, 2.75) is 47.0 Å². The van der Waals surface area contributed by atoms with Crippen LogP contribution in [-0.4, -0.2) is 4.57 Å². The second-order valence-electron chi connectivity index (χ2n) is 20.6. The van der Waals surface area contributed by atoms with Gasteiger partial charge in [-0.05, 0) is 202 Å². The Labute approximate surface area is 422 Å². The second-order valence-corrected chi connectivity index (χ2v) is 20.6. The smallest absolute Gasteiger partial charge is 0.0583 e. The quantitative estimate of drug-likeness (QED) is 0.150. The van der Waals surface area contributed by atoms with Crippen LogP contribution < -0.4 is 9.80 Å². The van der Waals surface area contributed by atoms with Gasteiger partial charge in [0.25, 0.3) is 0 Å². The first-order valence-corrected chi connectivity index (χ1v) is 25.2. The summed E-state index contributed by atoms with van der Waals surface area (Å²) in [4.78, 5) is 4.91. The van der Waals surface area contributed by atoms with Crippen molar-refractivity contribution in [2.75, 3.05) is 9.80 Å². The molecule has 0 radical (unpaired) electrons. The van der Waals surface area contributed by atoms with E-state index in [0.29, 0.717) is 0 Å². The van der Waals surface area contributed by atoms with Gasteiger partial charge < -0.3 is 14.4 Å². The molecule has 3 nitrogen and oxygen atoms in total. The lowest BCUT2D eigenvalue weighted by Gasteiger charge is -2.36.